The van der Waals surface area contributed by atoms with E-state index in [4.69, 9.17) is 0 Å². The molecule has 0 saturated carbocycles. The van der Waals surface area contributed by atoms with Crippen LogP contribution in [0.4, 0.5) is 0 Å². The van der Waals surface area contributed by atoms with Crippen molar-refractivity contribution in [1.82, 2.24) is 14.5 Å². The predicted octanol–water partition coefficient (Wildman–Crippen LogP) is 4.12. The van der Waals surface area contributed by atoms with E-state index in [1.807, 2.05) is 6.92 Å². The molecule has 120 valence electrons. The zero-order chi connectivity index (χ0) is 16.6. The zero-order valence-electron chi connectivity index (χ0n) is 14.2. The van der Waals surface area contributed by atoms with E-state index in [1.54, 1.807) is 0 Å². The highest BCUT2D eigenvalue weighted by Crippen LogP contribution is 2.33. The largest absolute Gasteiger partial charge is 0.345 e. The summed E-state index contributed by atoms with van der Waals surface area (Å²) in [6.45, 7) is 9.25. The van der Waals surface area contributed by atoms with E-state index >= 15 is 0 Å². The van der Waals surface area contributed by atoms with Crippen molar-refractivity contribution in [1.29, 1.82) is 0 Å². The van der Waals surface area contributed by atoms with Gasteiger partial charge in [-0.25, -0.2) is 4.79 Å². The number of aryl methyl sites for hydroxylation is 3. The van der Waals surface area contributed by atoms with E-state index in [0.717, 1.165) is 47.2 Å². The van der Waals surface area contributed by atoms with E-state index in [0.29, 0.717) is 0 Å². The molecule has 0 aliphatic rings. The van der Waals surface area contributed by atoms with Gasteiger partial charge in [0.25, 0.3) is 0 Å². The van der Waals surface area contributed by atoms with E-state index in [9.17, 15) is 4.79 Å². The molecule has 0 amide bonds. The number of fused-ring (bicyclic) bond motifs is 1. The summed E-state index contributed by atoms with van der Waals surface area (Å²) < 4.78 is 2.32. The van der Waals surface area contributed by atoms with E-state index in [1.165, 1.54) is 11.3 Å². The Bertz CT molecular complexity index is 901. The fourth-order valence-corrected chi connectivity index (χ4v) is 3.25. The summed E-state index contributed by atoms with van der Waals surface area (Å²) >= 11 is 0. The Morgan fingerprint density at radius 3 is 2.48 bits per heavy atom. The first kappa shape index (κ1) is 15.5. The normalized spacial score (nSPS) is 11.3. The summed E-state index contributed by atoms with van der Waals surface area (Å²) in [5.74, 6) is 0. The number of nitrogens with one attached hydrogen (secondary N) is 1. The van der Waals surface area contributed by atoms with Crippen molar-refractivity contribution in [2.24, 2.45) is 0 Å². The number of rotatable bonds is 4. The van der Waals surface area contributed by atoms with Gasteiger partial charge in [-0.2, -0.15) is 4.98 Å². The molecule has 0 atom stereocenters. The van der Waals surface area contributed by atoms with Crippen LogP contribution in [0.15, 0.2) is 29.1 Å². The van der Waals surface area contributed by atoms with Crippen LogP contribution in [-0.2, 0) is 6.54 Å². The third-order valence-corrected chi connectivity index (χ3v) is 4.45. The predicted molar refractivity (Wildman–Crippen MR) is 94.9 cm³/mol. The number of aromatic nitrogens is 3. The Hall–Kier alpha value is -2.36. The van der Waals surface area contributed by atoms with E-state index in [-0.39, 0.29) is 5.69 Å². The molecule has 0 saturated heterocycles. The Balaban J connectivity index is 2.36. The number of hydrogen-bond donors (Lipinski definition) is 1. The van der Waals surface area contributed by atoms with Gasteiger partial charge in [-0.1, -0.05) is 43.2 Å². The number of H-pyrrole nitrogens is 1. The average Bonchev–Trinajstić information content (AvgIpc) is 2.78. The van der Waals surface area contributed by atoms with Crippen LogP contribution >= 0.6 is 0 Å². The van der Waals surface area contributed by atoms with Gasteiger partial charge in [0.05, 0.1) is 16.9 Å². The summed E-state index contributed by atoms with van der Waals surface area (Å²) in [6.07, 6.45) is 2.24. The van der Waals surface area contributed by atoms with Crippen LogP contribution in [0.25, 0.3) is 22.2 Å². The molecule has 0 bridgehead atoms. The van der Waals surface area contributed by atoms with Gasteiger partial charge in [-0.05, 0) is 27.2 Å². The number of unbranched alkanes of at least 4 members (excludes halogenated alkanes) is 1. The van der Waals surface area contributed by atoms with Crippen LogP contribution in [0, 0.1) is 20.8 Å². The minimum absolute atomic E-state index is 0.281. The maximum absolute atomic E-state index is 11.9. The summed E-state index contributed by atoms with van der Waals surface area (Å²) in [7, 11) is 0. The molecule has 0 aliphatic heterocycles. The molecule has 3 aromatic rings. The molecule has 3 rings (SSSR count). The molecule has 0 fully saturated rings. The number of aromatic amines is 1. The van der Waals surface area contributed by atoms with Gasteiger partial charge in [0.15, 0.2) is 0 Å². The van der Waals surface area contributed by atoms with Crippen LogP contribution in [0.3, 0.4) is 0 Å². The van der Waals surface area contributed by atoms with Crippen LogP contribution < -0.4 is 5.69 Å². The monoisotopic (exact) mass is 309 g/mol. The summed E-state index contributed by atoms with van der Waals surface area (Å²) in [5, 5.41) is 1.07. The lowest BCUT2D eigenvalue weighted by atomic mass is 10.1. The lowest BCUT2D eigenvalue weighted by Gasteiger charge is -2.11. The molecule has 4 heteroatoms. The molecule has 1 N–H and O–H groups in total. The minimum Gasteiger partial charge on any atom is -0.342 e. The Morgan fingerprint density at radius 2 is 1.83 bits per heavy atom. The van der Waals surface area contributed by atoms with Crippen LogP contribution in [-0.4, -0.2) is 14.5 Å². The van der Waals surface area contributed by atoms with Gasteiger partial charge < -0.3 is 9.55 Å². The van der Waals surface area contributed by atoms with E-state index < -0.39 is 0 Å². The number of benzene rings is 1. The van der Waals surface area contributed by atoms with Crippen molar-refractivity contribution in [2.45, 2.75) is 47.1 Å². The first-order valence-corrected chi connectivity index (χ1v) is 8.19. The average molecular weight is 309 g/mol. The first-order chi connectivity index (χ1) is 11.0. The van der Waals surface area contributed by atoms with Gasteiger partial charge >= 0.3 is 5.69 Å². The SMILES string of the molecule is CCCCn1c(-c2ccc(C)cc2)c2[nH]c(=O)nc(C)c2c1C. The molecule has 2 aromatic heterocycles. The van der Waals surface area contributed by atoms with Crippen molar-refractivity contribution in [3.63, 3.8) is 0 Å². The maximum atomic E-state index is 11.9. The van der Waals surface area contributed by atoms with Crippen LogP contribution in [0.5, 0.6) is 0 Å². The van der Waals surface area contributed by atoms with Gasteiger partial charge in [0, 0.05) is 23.2 Å². The van der Waals surface area contributed by atoms with Crippen molar-refractivity contribution in [3.05, 3.63) is 51.7 Å². The van der Waals surface area contributed by atoms with Crippen molar-refractivity contribution >= 4 is 10.9 Å². The zero-order valence-corrected chi connectivity index (χ0v) is 14.2. The van der Waals surface area contributed by atoms with Gasteiger partial charge in [0.1, 0.15) is 0 Å². The Labute approximate surface area is 136 Å². The van der Waals surface area contributed by atoms with Crippen molar-refractivity contribution in [3.8, 4) is 11.3 Å². The Morgan fingerprint density at radius 1 is 1.13 bits per heavy atom. The van der Waals surface area contributed by atoms with Crippen molar-refractivity contribution < 1.29 is 0 Å². The molecule has 1 aromatic carbocycles. The smallest absolute Gasteiger partial charge is 0.342 e. The number of hydrogen-bond acceptors (Lipinski definition) is 2. The molecular formula is C19H23N3O. The minimum atomic E-state index is -0.281. The fourth-order valence-electron chi connectivity index (χ4n) is 3.25. The second-order valence-electron chi connectivity index (χ2n) is 6.18. The fraction of sp³-hybridized carbons (Fsp3) is 0.368. The highest BCUT2D eigenvalue weighted by molar-refractivity contribution is 5.96. The molecule has 0 aliphatic carbocycles. The first-order valence-electron chi connectivity index (χ1n) is 8.19. The highest BCUT2D eigenvalue weighted by Gasteiger charge is 2.18. The van der Waals surface area contributed by atoms with Crippen LogP contribution in [0.2, 0.25) is 0 Å². The molecule has 0 unspecified atom stereocenters. The van der Waals surface area contributed by atoms with Gasteiger partial charge in [-0.15, -0.1) is 0 Å². The third-order valence-electron chi connectivity index (χ3n) is 4.45. The summed E-state index contributed by atoms with van der Waals surface area (Å²) in [4.78, 5) is 18.9. The van der Waals surface area contributed by atoms with Crippen molar-refractivity contribution in [2.75, 3.05) is 0 Å². The number of nitrogens with zero attached hydrogens (tertiary/aromatic N) is 2. The molecule has 0 radical (unpaired) electrons. The molecule has 23 heavy (non-hydrogen) atoms. The highest BCUT2D eigenvalue weighted by atomic mass is 16.1. The lowest BCUT2D eigenvalue weighted by Crippen LogP contribution is -2.11. The Kier molecular flexibility index (Phi) is 4.07. The quantitative estimate of drug-likeness (QED) is 0.788. The maximum Gasteiger partial charge on any atom is 0.345 e. The van der Waals surface area contributed by atoms with E-state index in [2.05, 4.69) is 59.6 Å². The molecular weight excluding hydrogens is 286 g/mol. The van der Waals surface area contributed by atoms with Gasteiger partial charge in [-0.3, -0.25) is 0 Å². The molecule has 4 nitrogen and oxygen atoms in total. The third kappa shape index (κ3) is 2.69. The topological polar surface area (TPSA) is 50.7 Å². The second-order valence-corrected chi connectivity index (χ2v) is 6.18. The lowest BCUT2D eigenvalue weighted by molar-refractivity contribution is 0.629. The molecule has 0 spiro atoms. The standard InChI is InChI=1S/C19H23N3O/c1-5-6-11-22-14(4)16-13(3)20-19(23)21-17(16)18(22)15-9-7-12(2)8-10-15/h7-10H,5-6,11H2,1-4H3,(H,21,23). The van der Waals surface area contributed by atoms with Gasteiger partial charge in [0.2, 0.25) is 0 Å². The second kappa shape index (κ2) is 6.03. The van der Waals surface area contributed by atoms with Crippen LogP contribution in [0.1, 0.15) is 36.7 Å². The summed E-state index contributed by atoms with van der Waals surface area (Å²) in [6, 6.07) is 8.47. The summed E-state index contributed by atoms with van der Waals surface area (Å²) in [5.41, 5.74) is 6.04. The molecule has 2 heterocycles.